The number of carbonyl (C=O) groups excluding carboxylic acids is 4. The Morgan fingerprint density at radius 1 is 0.906 bits per heavy atom. The van der Waals surface area contributed by atoms with E-state index in [2.05, 4.69) is 10.4 Å². The van der Waals surface area contributed by atoms with Gasteiger partial charge in [-0.2, -0.15) is 10.1 Å². The van der Waals surface area contributed by atoms with Gasteiger partial charge in [0.05, 0.1) is 23.0 Å². The fourth-order valence-electron chi connectivity index (χ4n) is 3.47. The number of nitrogens with zero attached hydrogens (tertiary/aromatic N) is 3. The van der Waals surface area contributed by atoms with Crippen molar-refractivity contribution in [2.24, 2.45) is 11.0 Å². The summed E-state index contributed by atoms with van der Waals surface area (Å²) in [6, 6.07) is 13.2. The van der Waals surface area contributed by atoms with Gasteiger partial charge >= 0.3 is 6.03 Å². The summed E-state index contributed by atoms with van der Waals surface area (Å²) >= 11 is 0. The van der Waals surface area contributed by atoms with Crippen LogP contribution in [0.15, 0.2) is 65.3 Å². The molecule has 8 nitrogen and oxygen atoms in total. The van der Waals surface area contributed by atoms with Gasteiger partial charge in [-0.15, -0.1) is 12.4 Å². The van der Waals surface area contributed by atoms with Crippen LogP contribution in [0.3, 0.4) is 0 Å². The van der Waals surface area contributed by atoms with Crippen LogP contribution < -0.4 is 15.2 Å². The van der Waals surface area contributed by atoms with Gasteiger partial charge in [-0.3, -0.25) is 19.7 Å². The van der Waals surface area contributed by atoms with Gasteiger partial charge in [-0.25, -0.2) is 9.69 Å². The summed E-state index contributed by atoms with van der Waals surface area (Å²) in [6.07, 6.45) is 1.28. The molecule has 1 N–H and O–H groups in total. The Kier molecular flexibility index (Phi) is 6.27. The average molecular weight is 453 g/mol. The summed E-state index contributed by atoms with van der Waals surface area (Å²) in [5, 5.41) is 7.71. The number of hydrogen-bond acceptors (Lipinski definition) is 5. The molecule has 1 fully saturated rings. The molecule has 32 heavy (non-hydrogen) atoms. The van der Waals surface area contributed by atoms with E-state index in [0.29, 0.717) is 17.1 Å². The van der Waals surface area contributed by atoms with E-state index in [4.69, 9.17) is 0 Å². The zero-order chi connectivity index (χ0) is 22.3. The van der Waals surface area contributed by atoms with E-state index >= 15 is 0 Å². The molecule has 0 radical (unpaired) electrons. The van der Waals surface area contributed by atoms with Crippen LogP contribution in [-0.2, 0) is 14.4 Å². The zero-order valence-electron chi connectivity index (χ0n) is 17.7. The minimum atomic E-state index is -0.889. The number of urea groups is 1. The maximum absolute atomic E-state index is 13.1. The average Bonchev–Trinajstić information content (AvgIpc) is 3.02. The van der Waals surface area contributed by atoms with E-state index in [-0.39, 0.29) is 23.9 Å². The number of aryl methyl sites for hydroxylation is 2. The Balaban J connectivity index is 0.00000289. The van der Waals surface area contributed by atoms with Crippen LogP contribution in [0.1, 0.15) is 18.1 Å². The first-order valence-corrected chi connectivity index (χ1v) is 9.71. The fourth-order valence-corrected chi connectivity index (χ4v) is 3.47. The van der Waals surface area contributed by atoms with E-state index in [0.717, 1.165) is 16.0 Å². The van der Waals surface area contributed by atoms with Crippen molar-refractivity contribution in [2.45, 2.75) is 20.8 Å². The number of anilines is 2. The normalized spacial score (nSPS) is 19.8. The number of hydrogen-bond donors (Lipinski definition) is 1. The van der Waals surface area contributed by atoms with Crippen molar-refractivity contribution in [3.63, 3.8) is 0 Å². The van der Waals surface area contributed by atoms with Crippen LogP contribution in [0, 0.1) is 19.8 Å². The number of halogens is 1. The molecule has 2 aromatic carbocycles. The summed E-state index contributed by atoms with van der Waals surface area (Å²) in [4.78, 5) is 51.8. The zero-order valence-corrected chi connectivity index (χ0v) is 18.5. The molecule has 0 saturated carbocycles. The number of benzene rings is 2. The van der Waals surface area contributed by atoms with Crippen LogP contribution in [0.25, 0.3) is 0 Å². The molecular formula is C23H21ClN4O4. The Labute approximate surface area is 191 Å². The lowest BCUT2D eigenvalue weighted by Gasteiger charge is -2.27. The number of barbiturate groups is 1. The summed E-state index contributed by atoms with van der Waals surface area (Å²) in [5.74, 6) is -2.89. The van der Waals surface area contributed by atoms with Gasteiger partial charge in [0.25, 0.3) is 17.7 Å². The SMILES string of the molecule is CC1=NN(c2ccccc2)C(=O)C1C=C1C(=O)NC(=O)N(c2ccc(C)c(C)c2)C1=O.Cl. The number of hydrazone groups is 1. The van der Waals surface area contributed by atoms with Crippen molar-refractivity contribution in [3.8, 4) is 0 Å². The molecule has 2 aliphatic heterocycles. The second-order valence-corrected chi connectivity index (χ2v) is 7.45. The highest BCUT2D eigenvalue weighted by Crippen LogP contribution is 2.28. The van der Waals surface area contributed by atoms with Crippen molar-refractivity contribution >= 4 is 53.2 Å². The lowest BCUT2D eigenvalue weighted by molar-refractivity contribution is -0.122. The number of nitrogens with one attached hydrogen (secondary N) is 1. The lowest BCUT2D eigenvalue weighted by atomic mass is 9.98. The molecule has 1 saturated heterocycles. The molecule has 9 heteroatoms. The van der Waals surface area contributed by atoms with Crippen LogP contribution in [0.5, 0.6) is 0 Å². The number of rotatable bonds is 3. The summed E-state index contributed by atoms with van der Waals surface area (Å²) in [6.45, 7) is 5.43. The minimum absolute atomic E-state index is 0. The maximum Gasteiger partial charge on any atom is 0.335 e. The van der Waals surface area contributed by atoms with E-state index in [9.17, 15) is 19.2 Å². The van der Waals surface area contributed by atoms with E-state index in [1.54, 1.807) is 49.4 Å². The van der Waals surface area contributed by atoms with Gasteiger partial charge in [0.1, 0.15) is 5.57 Å². The monoisotopic (exact) mass is 452 g/mol. The molecule has 2 aromatic rings. The van der Waals surface area contributed by atoms with Gasteiger partial charge in [-0.05, 0) is 62.2 Å². The van der Waals surface area contributed by atoms with E-state index in [1.807, 2.05) is 19.9 Å². The van der Waals surface area contributed by atoms with Crippen LogP contribution in [-0.4, -0.2) is 29.5 Å². The van der Waals surface area contributed by atoms with Crippen molar-refractivity contribution in [3.05, 3.63) is 71.3 Å². The predicted molar refractivity (Wildman–Crippen MR) is 123 cm³/mol. The third-order valence-electron chi connectivity index (χ3n) is 5.37. The first kappa shape index (κ1) is 22.9. The molecule has 0 bridgehead atoms. The van der Waals surface area contributed by atoms with Crippen LogP contribution >= 0.6 is 12.4 Å². The summed E-state index contributed by atoms with van der Waals surface area (Å²) in [5.41, 5.74) is 2.99. The second kappa shape index (κ2) is 8.76. The van der Waals surface area contributed by atoms with Crippen molar-refractivity contribution in [1.82, 2.24) is 5.32 Å². The Morgan fingerprint density at radius 3 is 2.25 bits per heavy atom. The highest BCUT2D eigenvalue weighted by Gasteiger charge is 2.40. The standard InChI is InChI=1S/C23H20N4O4.ClH/c1-13-9-10-17(11-14(13)2)26-21(29)19(20(28)24-23(26)31)12-18-15(3)25-27(22(18)30)16-7-5-4-6-8-16;/h4-12,18H,1-3H3,(H,24,28,31);1H. The summed E-state index contributed by atoms with van der Waals surface area (Å²) in [7, 11) is 0. The smallest absolute Gasteiger partial charge is 0.273 e. The van der Waals surface area contributed by atoms with Crippen LogP contribution in [0.2, 0.25) is 0 Å². The molecule has 0 spiro atoms. The molecule has 0 aromatic heterocycles. The molecule has 2 aliphatic rings. The summed E-state index contributed by atoms with van der Waals surface area (Å²) < 4.78 is 0. The fraction of sp³-hybridized carbons (Fsp3) is 0.174. The van der Waals surface area contributed by atoms with Gasteiger partial charge in [-0.1, -0.05) is 24.3 Å². The third kappa shape index (κ3) is 3.92. The number of amides is 5. The predicted octanol–water partition coefficient (Wildman–Crippen LogP) is 3.27. The van der Waals surface area contributed by atoms with Crippen LogP contribution in [0.4, 0.5) is 16.2 Å². The first-order valence-electron chi connectivity index (χ1n) is 9.71. The first-order chi connectivity index (χ1) is 14.8. The van der Waals surface area contributed by atoms with Gasteiger partial charge < -0.3 is 0 Å². The topological polar surface area (TPSA) is 99.2 Å². The van der Waals surface area contributed by atoms with Crippen molar-refractivity contribution < 1.29 is 19.2 Å². The molecule has 2 heterocycles. The number of imide groups is 2. The molecule has 0 aliphatic carbocycles. The second-order valence-electron chi connectivity index (χ2n) is 7.45. The Bertz CT molecular complexity index is 1190. The molecular weight excluding hydrogens is 432 g/mol. The minimum Gasteiger partial charge on any atom is -0.273 e. The quantitative estimate of drug-likeness (QED) is 0.570. The van der Waals surface area contributed by atoms with E-state index < -0.39 is 23.8 Å². The highest BCUT2D eigenvalue weighted by molar-refractivity contribution is 6.38. The third-order valence-corrected chi connectivity index (χ3v) is 5.37. The van der Waals surface area contributed by atoms with Gasteiger partial charge in [0, 0.05) is 0 Å². The van der Waals surface area contributed by atoms with E-state index in [1.165, 1.54) is 11.1 Å². The molecule has 1 atom stereocenters. The molecule has 5 amide bonds. The maximum atomic E-state index is 13.1. The lowest BCUT2D eigenvalue weighted by Crippen LogP contribution is -2.54. The van der Waals surface area contributed by atoms with Crippen molar-refractivity contribution in [2.75, 3.05) is 9.91 Å². The highest BCUT2D eigenvalue weighted by atomic mass is 35.5. The number of para-hydroxylation sites is 1. The molecule has 164 valence electrons. The van der Waals surface area contributed by atoms with Crippen molar-refractivity contribution in [1.29, 1.82) is 0 Å². The molecule has 1 unspecified atom stereocenters. The Morgan fingerprint density at radius 2 is 1.59 bits per heavy atom. The van der Waals surface area contributed by atoms with Gasteiger partial charge in [0.2, 0.25) is 0 Å². The molecule has 4 rings (SSSR count). The Hall–Kier alpha value is -3.78. The largest absolute Gasteiger partial charge is 0.335 e. The van der Waals surface area contributed by atoms with Gasteiger partial charge in [0.15, 0.2) is 0 Å². The number of carbonyl (C=O) groups is 4.